The van der Waals surface area contributed by atoms with E-state index >= 15 is 0 Å². The van der Waals surface area contributed by atoms with Crippen molar-refractivity contribution in [2.24, 2.45) is 5.73 Å². The smallest absolute Gasteiger partial charge is 0.326 e. The first-order valence-corrected chi connectivity index (χ1v) is 10.6. The van der Waals surface area contributed by atoms with Gasteiger partial charge in [-0.1, -0.05) is 41.9 Å². The lowest BCUT2D eigenvalue weighted by atomic mass is 9.91. The third-order valence-electron chi connectivity index (χ3n) is 5.65. The molecular weight excluding hydrogens is 469 g/mol. The molecule has 12 heteroatoms. The van der Waals surface area contributed by atoms with Gasteiger partial charge in [0.2, 0.25) is 11.8 Å². The zero-order chi connectivity index (χ0) is 24.6. The highest BCUT2D eigenvalue weighted by atomic mass is 35.5. The van der Waals surface area contributed by atoms with Crippen molar-refractivity contribution in [1.29, 1.82) is 0 Å². The largest absolute Gasteiger partial charge is 0.480 e. The number of carboxylic acid groups (broad SMARTS) is 1. The van der Waals surface area contributed by atoms with Crippen LogP contribution >= 0.6 is 11.6 Å². The third-order valence-corrected chi connectivity index (χ3v) is 5.95. The molecule has 0 radical (unpaired) electrons. The number of aromatic nitrogens is 2. The topological polar surface area (TPSA) is 148 Å². The molecule has 0 bridgehead atoms. The molecule has 2 atom stereocenters. The van der Waals surface area contributed by atoms with Gasteiger partial charge in [0, 0.05) is 23.9 Å². The normalized spacial score (nSPS) is 17.3. The number of carbonyl (C=O) groups excluding carboxylic acids is 3. The Morgan fingerprint density at radius 2 is 1.88 bits per heavy atom. The summed E-state index contributed by atoms with van der Waals surface area (Å²) in [5.74, 6) is -4.03. The Labute approximate surface area is 197 Å². The number of likely N-dealkylation sites (tertiary alicyclic amines) is 1. The van der Waals surface area contributed by atoms with Crippen molar-refractivity contribution >= 4 is 46.2 Å². The number of primary amides is 1. The molecule has 3 aromatic rings. The van der Waals surface area contributed by atoms with E-state index in [0.29, 0.717) is 10.9 Å². The Kier molecular flexibility index (Phi) is 6.20. The number of hydrogen-bond acceptors (Lipinski definition) is 5. The van der Waals surface area contributed by atoms with Crippen molar-refractivity contribution in [1.82, 2.24) is 20.0 Å². The molecular formula is C22H19ClFN5O5. The molecule has 0 aliphatic carbocycles. The third kappa shape index (κ3) is 4.17. The van der Waals surface area contributed by atoms with E-state index in [1.165, 1.54) is 22.9 Å². The highest BCUT2D eigenvalue weighted by Crippen LogP contribution is 2.28. The van der Waals surface area contributed by atoms with Gasteiger partial charge in [-0.3, -0.25) is 19.1 Å². The molecule has 10 nitrogen and oxygen atoms in total. The van der Waals surface area contributed by atoms with Crippen LogP contribution < -0.4 is 11.1 Å². The van der Waals surface area contributed by atoms with Gasteiger partial charge >= 0.3 is 5.97 Å². The number of nitrogens with two attached hydrogens (primary N) is 1. The SMILES string of the molecule is NC(=O)c1nn(CC(=O)N2C(C(=O)O)CC2C(=O)NCc2cccc(Cl)c2F)c2ccccc12. The minimum Gasteiger partial charge on any atom is -0.480 e. The Bertz CT molecular complexity index is 1330. The van der Waals surface area contributed by atoms with Gasteiger partial charge in [-0.15, -0.1) is 0 Å². The summed E-state index contributed by atoms with van der Waals surface area (Å²) in [4.78, 5) is 50.0. The number of aliphatic carboxylic acids is 1. The lowest BCUT2D eigenvalue weighted by Crippen LogP contribution is -2.66. The van der Waals surface area contributed by atoms with Gasteiger partial charge in [-0.2, -0.15) is 5.10 Å². The second-order valence-electron chi connectivity index (χ2n) is 7.72. The first-order valence-electron chi connectivity index (χ1n) is 10.2. The summed E-state index contributed by atoms with van der Waals surface area (Å²) in [6.45, 7) is -0.600. The number of carbonyl (C=O) groups is 4. The number of amides is 3. The van der Waals surface area contributed by atoms with E-state index < -0.39 is 48.1 Å². The fourth-order valence-electron chi connectivity index (χ4n) is 3.94. The predicted octanol–water partition coefficient (Wildman–Crippen LogP) is 1.30. The monoisotopic (exact) mass is 487 g/mol. The highest BCUT2D eigenvalue weighted by molar-refractivity contribution is 6.30. The van der Waals surface area contributed by atoms with E-state index in [-0.39, 0.29) is 29.2 Å². The zero-order valence-electron chi connectivity index (χ0n) is 17.6. The van der Waals surface area contributed by atoms with Crippen LogP contribution in [0.4, 0.5) is 4.39 Å². The molecule has 1 aliphatic heterocycles. The van der Waals surface area contributed by atoms with Crippen LogP contribution in [0.15, 0.2) is 42.5 Å². The Hall–Kier alpha value is -3.99. The number of fused-ring (bicyclic) bond motifs is 1. The number of benzene rings is 2. The standard InChI is InChI=1S/C22H19ClFN5O5/c23-13-6-3-4-11(18(13)24)9-26-21(32)15-8-16(22(33)34)29(15)17(30)10-28-14-7-2-1-5-12(14)19(27-28)20(25)31/h1-7,15-16H,8-10H2,(H2,25,31)(H,26,32)(H,33,34). The van der Waals surface area contributed by atoms with Gasteiger partial charge in [-0.25, -0.2) is 9.18 Å². The van der Waals surface area contributed by atoms with Gasteiger partial charge in [0.15, 0.2) is 5.69 Å². The Morgan fingerprint density at radius 3 is 2.59 bits per heavy atom. The summed E-state index contributed by atoms with van der Waals surface area (Å²) in [6, 6.07) is 8.71. The molecule has 1 aliphatic rings. The fourth-order valence-corrected chi connectivity index (χ4v) is 4.14. The van der Waals surface area contributed by atoms with Crippen molar-refractivity contribution in [2.45, 2.75) is 31.6 Å². The minimum absolute atomic E-state index is 0.0281. The maximum absolute atomic E-state index is 14.1. The summed E-state index contributed by atoms with van der Waals surface area (Å²) in [5.41, 5.74) is 5.94. The number of nitrogens with one attached hydrogen (secondary N) is 1. The number of carboxylic acids is 1. The van der Waals surface area contributed by atoms with Gasteiger partial charge in [-0.05, 0) is 12.1 Å². The second kappa shape index (κ2) is 9.10. The molecule has 0 spiro atoms. The molecule has 1 saturated heterocycles. The zero-order valence-corrected chi connectivity index (χ0v) is 18.3. The van der Waals surface area contributed by atoms with E-state index in [1.54, 1.807) is 24.3 Å². The molecule has 0 saturated carbocycles. The van der Waals surface area contributed by atoms with Crippen LogP contribution in [0.2, 0.25) is 5.02 Å². The molecule has 2 unspecified atom stereocenters. The van der Waals surface area contributed by atoms with Crippen LogP contribution in [0, 0.1) is 5.82 Å². The van der Waals surface area contributed by atoms with Crippen molar-refractivity contribution in [2.75, 3.05) is 0 Å². The molecule has 2 heterocycles. The average molecular weight is 488 g/mol. The van der Waals surface area contributed by atoms with Gasteiger partial charge in [0.05, 0.1) is 10.5 Å². The predicted molar refractivity (Wildman–Crippen MR) is 118 cm³/mol. The molecule has 34 heavy (non-hydrogen) atoms. The number of rotatable bonds is 7. The summed E-state index contributed by atoms with van der Waals surface area (Å²) in [7, 11) is 0. The van der Waals surface area contributed by atoms with Gasteiger partial charge in [0.1, 0.15) is 24.4 Å². The van der Waals surface area contributed by atoms with Crippen LogP contribution in [-0.4, -0.2) is 55.6 Å². The van der Waals surface area contributed by atoms with Crippen molar-refractivity contribution in [3.05, 3.63) is 64.6 Å². The summed E-state index contributed by atoms with van der Waals surface area (Å²) < 4.78 is 15.3. The number of para-hydroxylation sites is 1. The van der Waals surface area contributed by atoms with E-state index in [4.69, 9.17) is 17.3 Å². The molecule has 4 rings (SSSR count). The molecule has 1 fully saturated rings. The summed E-state index contributed by atoms with van der Waals surface area (Å²) in [6.07, 6.45) is -0.0999. The van der Waals surface area contributed by atoms with Crippen molar-refractivity contribution in [3.63, 3.8) is 0 Å². The maximum Gasteiger partial charge on any atom is 0.326 e. The maximum atomic E-state index is 14.1. The number of hydrogen-bond donors (Lipinski definition) is 3. The summed E-state index contributed by atoms with van der Waals surface area (Å²) >= 11 is 5.75. The van der Waals surface area contributed by atoms with E-state index in [9.17, 15) is 28.7 Å². The van der Waals surface area contributed by atoms with Crippen molar-refractivity contribution in [3.8, 4) is 0 Å². The average Bonchev–Trinajstić information content (AvgIpc) is 3.12. The van der Waals surface area contributed by atoms with Gasteiger partial charge < -0.3 is 21.1 Å². The van der Waals surface area contributed by atoms with Crippen LogP contribution in [0.3, 0.4) is 0 Å². The Balaban J connectivity index is 1.52. The molecule has 4 N–H and O–H groups in total. The molecule has 2 aromatic carbocycles. The lowest BCUT2D eigenvalue weighted by molar-refractivity contribution is -0.167. The van der Waals surface area contributed by atoms with Crippen LogP contribution in [0.25, 0.3) is 10.9 Å². The molecule has 3 amide bonds. The number of halogens is 2. The molecule has 176 valence electrons. The number of nitrogens with zero attached hydrogens (tertiary/aromatic N) is 3. The van der Waals surface area contributed by atoms with E-state index in [0.717, 1.165) is 4.90 Å². The first-order chi connectivity index (χ1) is 16.2. The lowest BCUT2D eigenvalue weighted by Gasteiger charge is -2.45. The Morgan fingerprint density at radius 1 is 1.15 bits per heavy atom. The highest BCUT2D eigenvalue weighted by Gasteiger charge is 2.49. The van der Waals surface area contributed by atoms with Gasteiger partial charge in [0.25, 0.3) is 5.91 Å². The van der Waals surface area contributed by atoms with Crippen LogP contribution in [0.1, 0.15) is 22.5 Å². The first kappa shape index (κ1) is 23.2. The van der Waals surface area contributed by atoms with Crippen molar-refractivity contribution < 1.29 is 28.7 Å². The van der Waals surface area contributed by atoms with Crippen LogP contribution in [-0.2, 0) is 27.5 Å². The second-order valence-corrected chi connectivity index (χ2v) is 8.13. The van der Waals surface area contributed by atoms with E-state index in [1.807, 2.05) is 0 Å². The van der Waals surface area contributed by atoms with E-state index in [2.05, 4.69) is 10.4 Å². The fraction of sp³-hybridized carbons (Fsp3) is 0.227. The summed E-state index contributed by atoms with van der Waals surface area (Å²) in [5, 5.41) is 16.4. The van der Waals surface area contributed by atoms with Crippen LogP contribution in [0.5, 0.6) is 0 Å². The minimum atomic E-state index is -1.26. The molecule has 1 aromatic heterocycles. The quantitative estimate of drug-likeness (QED) is 0.457.